The van der Waals surface area contributed by atoms with Crippen LogP contribution in [-0.4, -0.2) is 0 Å². The van der Waals surface area contributed by atoms with Crippen LogP contribution < -0.4 is 0 Å². The van der Waals surface area contributed by atoms with Crippen molar-refractivity contribution >= 4 is 16.9 Å². The average molecular weight is 413 g/mol. The van der Waals surface area contributed by atoms with Gasteiger partial charge in [0.25, 0.3) is 0 Å². The first-order chi connectivity index (χ1) is 14.5. The normalized spacial score (nSPS) is 20.1. The highest BCUT2D eigenvalue weighted by molar-refractivity contribution is 7.11. The summed E-state index contributed by atoms with van der Waals surface area (Å²) in [5.74, 6) is 3.62. The molecule has 1 heteroatoms. The number of allylic oxidation sites excluding steroid dienone is 13. The van der Waals surface area contributed by atoms with E-state index < -0.39 is 0 Å². The van der Waals surface area contributed by atoms with Gasteiger partial charge in [-0.25, -0.2) is 0 Å². The predicted molar refractivity (Wildman–Crippen MR) is 134 cm³/mol. The van der Waals surface area contributed by atoms with Gasteiger partial charge in [0.15, 0.2) is 0 Å². The van der Waals surface area contributed by atoms with Gasteiger partial charge in [-0.2, -0.15) is 0 Å². The molecule has 1 aromatic rings. The fraction of sp³-hybridized carbons (Fsp3) is 0.310. The molecule has 0 nitrogen and oxygen atoms in total. The van der Waals surface area contributed by atoms with E-state index in [1.165, 1.54) is 32.7 Å². The van der Waals surface area contributed by atoms with Crippen LogP contribution in [0.15, 0.2) is 83.4 Å². The minimum absolute atomic E-state index is 0.194. The van der Waals surface area contributed by atoms with Crippen molar-refractivity contribution in [1.29, 1.82) is 0 Å². The number of aryl methyl sites for hydroxylation is 1. The number of thiophene rings is 1. The lowest BCUT2D eigenvalue weighted by molar-refractivity contribution is 0.720. The maximum atomic E-state index is 5.80. The van der Waals surface area contributed by atoms with Gasteiger partial charge in [-0.05, 0) is 84.2 Å². The molecule has 0 saturated carbocycles. The zero-order valence-electron chi connectivity index (χ0n) is 18.4. The Bertz CT molecular complexity index is 1010. The van der Waals surface area contributed by atoms with Crippen LogP contribution in [0.2, 0.25) is 0 Å². The number of terminal acetylenes is 1. The summed E-state index contributed by atoms with van der Waals surface area (Å²) in [6, 6.07) is 0. The van der Waals surface area contributed by atoms with Crippen molar-refractivity contribution in [3.8, 4) is 12.3 Å². The Kier molecular flexibility index (Phi) is 7.72. The third-order valence-electron chi connectivity index (χ3n) is 5.89. The molecule has 0 spiro atoms. The quantitative estimate of drug-likeness (QED) is 0.313. The zero-order chi connectivity index (χ0) is 21.5. The van der Waals surface area contributed by atoms with Crippen LogP contribution >= 0.6 is 11.3 Å². The first kappa shape index (κ1) is 22.1. The van der Waals surface area contributed by atoms with Crippen LogP contribution in [0.5, 0.6) is 0 Å². The standard InChI is InChI=1S/C29H32S/c1-6-25-16-10-12-18-27(25)29-28(24(5)20-30-29)19-21(2)13-7-8-14-22(3)26-17-11-9-15-23(26)4/h1,7-10,12-15,18,20-21,25H,3,11,16-17,19H2,2,4-5H3/b13-7-,14-8-. The van der Waals surface area contributed by atoms with Gasteiger partial charge in [0.2, 0.25) is 0 Å². The van der Waals surface area contributed by atoms with Gasteiger partial charge in [-0.3, -0.25) is 0 Å². The van der Waals surface area contributed by atoms with E-state index in [4.69, 9.17) is 6.42 Å². The summed E-state index contributed by atoms with van der Waals surface area (Å²) in [7, 11) is 0. The van der Waals surface area contributed by atoms with Crippen LogP contribution in [0.3, 0.4) is 0 Å². The molecule has 2 atom stereocenters. The Morgan fingerprint density at radius 3 is 2.93 bits per heavy atom. The minimum atomic E-state index is 0.194. The molecule has 0 aromatic carbocycles. The third-order valence-corrected chi connectivity index (χ3v) is 7.08. The SMILES string of the molecule is C#CC1CC=CC=C1c1scc(C)c1CC(C)/C=C\C=C/C(=C)C1=C(C)C=CCC1. The molecule has 1 heterocycles. The van der Waals surface area contributed by atoms with Crippen LogP contribution in [0.1, 0.15) is 49.1 Å². The Labute approximate surface area is 186 Å². The van der Waals surface area contributed by atoms with E-state index in [1.54, 1.807) is 0 Å². The molecule has 1 aromatic heterocycles. The summed E-state index contributed by atoms with van der Waals surface area (Å²) in [4.78, 5) is 1.37. The number of hydrogen-bond acceptors (Lipinski definition) is 1. The second-order valence-electron chi connectivity index (χ2n) is 8.28. The second kappa shape index (κ2) is 10.5. The highest BCUT2D eigenvalue weighted by Crippen LogP contribution is 2.37. The molecule has 0 fully saturated rings. The van der Waals surface area contributed by atoms with Crippen molar-refractivity contribution in [3.05, 3.63) is 99.4 Å². The molecule has 0 radical (unpaired) electrons. The molecule has 0 amide bonds. The van der Waals surface area contributed by atoms with Gasteiger partial charge >= 0.3 is 0 Å². The van der Waals surface area contributed by atoms with E-state index in [-0.39, 0.29) is 5.92 Å². The predicted octanol–water partition coefficient (Wildman–Crippen LogP) is 8.16. The maximum Gasteiger partial charge on any atom is 0.0498 e. The molecule has 3 rings (SSSR count). The van der Waals surface area contributed by atoms with Gasteiger partial charge in [0, 0.05) is 10.8 Å². The van der Waals surface area contributed by atoms with E-state index in [2.05, 4.69) is 93.3 Å². The van der Waals surface area contributed by atoms with Crippen LogP contribution in [0.4, 0.5) is 0 Å². The average Bonchev–Trinajstić information content (AvgIpc) is 3.11. The van der Waals surface area contributed by atoms with Crippen molar-refractivity contribution in [3.63, 3.8) is 0 Å². The lowest BCUT2D eigenvalue weighted by atomic mass is 9.87. The number of rotatable bonds is 7. The summed E-state index contributed by atoms with van der Waals surface area (Å²) < 4.78 is 0. The summed E-state index contributed by atoms with van der Waals surface area (Å²) in [6.07, 6.45) is 29.7. The van der Waals surface area contributed by atoms with Gasteiger partial charge in [0.1, 0.15) is 0 Å². The Balaban J connectivity index is 1.66. The van der Waals surface area contributed by atoms with Gasteiger partial charge in [0.05, 0.1) is 0 Å². The fourth-order valence-corrected chi connectivity index (χ4v) is 5.27. The largest absolute Gasteiger partial charge is 0.144 e. The summed E-state index contributed by atoms with van der Waals surface area (Å²) in [5.41, 5.74) is 7.98. The minimum Gasteiger partial charge on any atom is -0.144 e. The molecule has 2 aliphatic rings. The molecule has 0 saturated heterocycles. The summed E-state index contributed by atoms with van der Waals surface area (Å²) in [6.45, 7) is 10.9. The topological polar surface area (TPSA) is 0 Å². The van der Waals surface area contributed by atoms with Crippen LogP contribution in [-0.2, 0) is 6.42 Å². The molecule has 30 heavy (non-hydrogen) atoms. The fourth-order valence-electron chi connectivity index (χ4n) is 4.10. The van der Waals surface area contributed by atoms with E-state index in [0.717, 1.165) is 31.3 Å². The molecular formula is C29H32S. The molecule has 0 bridgehead atoms. The van der Waals surface area contributed by atoms with Crippen molar-refractivity contribution in [1.82, 2.24) is 0 Å². The third kappa shape index (κ3) is 5.32. The lowest BCUT2D eigenvalue weighted by Crippen LogP contribution is -2.05. The van der Waals surface area contributed by atoms with E-state index in [0.29, 0.717) is 5.92 Å². The van der Waals surface area contributed by atoms with Gasteiger partial charge < -0.3 is 0 Å². The smallest absolute Gasteiger partial charge is 0.0498 e. The maximum absolute atomic E-state index is 5.80. The zero-order valence-corrected chi connectivity index (χ0v) is 19.3. The van der Waals surface area contributed by atoms with E-state index >= 15 is 0 Å². The van der Waals surface area contributed by atoms with Crippen LogP contribution in [0, 0.1) is 31.1 Å². The van der Waals surface area contributed by atoms with Crippen molar-refractivity contribution in [2.45, 2.75) is 46.5 Å². The number of hydrogen-bond donors (Lipinski definition) is 0. The first-order valence-corrected chi connectivity index (χ1v) is 11.7. The van der Waals surface area contributed by atoms with Crippen molar-refractivity contribution in [2.75, 3.05) is 0 Å². The first-order valence-electron chi connectivity index (χ1n) is 10.8. The second-order valence-corrected chi connectivity index (χ2v) is 9.16. The van der Waals surface area contributed by atoms with Crippen LogP contribution in [0.25, 0.3) is 5.57 Å². The molecule has 154 valence electrons. The molecule has 2 aliphatic carbocycles. The summed E-state index contributed by atoms with van der Waals surface area (Å²) >= 11 is 1.83. The monoisotopic (exact) mass is 412 g/mol. The van der Waals surface area contributed by atoms with Gasteiger partial charge in [-0.1, -0.05) is 74.1 Å². The molecular weight excluding hydrogens is 380 g/mol. The highest BCUT2D eigenvalue weighted by atomic mass is 32.1. The van der Waals surface area contributed by atoms with Crippen molar-refractivity contribution < 1.29 is 0 Å². The Morgan fingerprint density at radius 2 is 2.17 bits per heavy atom. The molecule has 0 aliphatic heterocycles. The van der Waals surface area contributed by atoms with E-state index in [1.807, 2.05) is 11.3 Å². The lowest BCUT2D eigenvalue weighted by Gasteiger charge is -2.18. The molecule has 0 N–H and O–H groups in total. The Morgan fingerprint density at radius 1 is 1.33 bits per heavy atom. The highest BCUT2D eigenvalue weighted by Gasteiger charge is 2.20. The van der Waals surface area contributed by atoms with Gasteiger partial charge in [-0.15, -0.1) is 17.8 Å². The van der Waals surface area contributed by atoms with E-state index in [9.17, 15) is 0 Å². The Hall–Kier alpha value is -2.56. The molecule has 2 unspecified atom stereocenters. The summed E-state index contributed by atoms with van der Waals surface area (Å²) in [5, 5.41) is 2.27. The van der Waals surface area contributed by atoms with Crippen molar-refractivity contribution in [2.24, 2.45) is 11.8 Å².